The van der Waals surface area contributed by atoms with Gasteiger partial charge in [-0.15, -0.1) is 0 Å². The molecule has 0 atom stereocenters. The molecule has 26 heavy (non-hydrogen) atoms. The Labute approximate surface area is 155 Å². The number of piperidine rings is 1. The van der Waals surface area contributed by atoms with Crippen LogP contribution >= 0.6 is 0 Å². The van der Waals surface area contributed by atoms with E-state index in [1.807, 2.05) is 0 Å². The van der Waals surface area contributed by atoms with Crippen LogP contribution in [0.4, 0.5) is 0 Å². The van der Waals surface area contributed by atoms with Crippen LogP contribution < -0.4 is 0 Å². The van der Waals surface area contributed by atoms with E-state index in [0.717, 1.165) is 45.1 Å². The highest BCUT2D eigenvalue weighted by atomic mass is 16.3. The molecule has 3 aliphatic rings. The molecule has 1 aromatic rings. The molecule has 1 saturated carbocycles. The van der Waals surface area contributed by atoms with Crippen molar-refractivity contribution in [1.29, 1.82) is 0 Å². The topological polar surface area (TPSA) is 57.0 Å². The van der Waals surface area contributed by atoms with Crippen molar-refractivity contribution in [3.05, 3.63) is 24.2 Å². The van der Waals surface area contributed by atoms with Gasteiger partial charge in [0.1, 0.15) is 0 Å². The minimum absolute atomic E-state index is 0.0636. The first-order valence-electron chi connectivity index (χ1n) is 10.1. The van der Waals surface area contributed by atoms with Gasteiger partial charge in [0.15, 0.2) is 5.76 Å². The van der Waals surface area contributed by atoms with Crippen molar-refractivity contribution in [3.8, 4) is 0 Å². The Hall–Kier alpha value is -1.82. The number of amides is 2. The molecule has 0 N–H and O–H groups in total. The van der Waals surface area contributed by atoms with Gasteiger partial charge in [0.2, 0.25) is 5.91 Å². The average Bonchev–Trinajstić information content (AvgIpc) is 3.41. The molecule has 2 aliphatic heterocycles. The molecule has 0 spiro atoms. The van der Waals surface area contributed by atoms with E-state index < -0.39 is 0 Å². The van der Waals surface area contributed by atoms with Crippen LogP contribution in [-0.2, 0) is 4.79 Å². The number of carbonyl (C=O) groups excluding carboxylic acids is 2. The molecule has 1 aromatic heterocycles. The van der Waals surface area contributed by atoms with Crippen LogP contribution in [-0.4, -0.2) is 71.8 Å². The zero-order valence-corrected chi connectivity index (χ0v) is 15.4. The maximum absolute atomic E-state index is 12.9. The number of nitrogens with zero attached hydrogens (tertiary/aromatic N) is 3. The van der Waals surface area contributed by atoms with Crippen LogP contribution in [0.1, 0.15) is 49.1 Å². The maximum atomic E-state index is 12.9. The summed E-state index contributed by atoms with van der Waals surface area (Å²) in [6, 6.07) is 4.18. The summed E-state index contributed by atoms with van der Waals surface area (Å²) in [5.41, 5.74) is 0. The van der Waals surface area contributed by atoms with Crippen LogP contribution in [0.2, 0.25) is 0 Å². The first kappa shape index (κ1) is 17.6. The predicted octanol–water partition coefficient (Wildman–Crippen LogP) is 2.22. The summed E-state index contributed by atoms with van der Waals surface area (Å²) < 4.78 is 5.20. The normalized spacial score (nSPS) is 23.5. The molecule has 1 aliphatic carbocycles. The molecule has 3 heterocycles. The zero-order chi connectivity index (χ0) is 17.9. The van der Waals surface area contributed by atoms with E-state index in [4.69, 9.17) is 4.42 Å². The third-order valence-corrected chi connectivity index (χ3v) is 6.33. The number of piperazine rings is 1. The fourth-order valence-corrected chi connectivity index (χ4v) is 4.72. The molecule has 142 valence electrons. The van der Waals surface area contributed by atoms with Gasteiger partial charge in [-0.05, 0) is 37.8 Å². The van der Waals surface area contributed by atoms with E-state index in [1.54, 1.807) is 17.0 Å². The SMILES string of the molecule is O=C(c1ccco1)N1CCC(C(=O)N2CCN(C3CCCC3)CC2)CC1. The van der Waals surface area contributed by atoms with Crippen LogP contribution in [0.3, 0.4) is 0 Å². The Bertz CT molecular complexity index is 608. The van der Waals surface area contributed by atoms with Gasteiger partial charge in [-0.2, -0.15) is 0 Å². The van der Waals surface area contributed by atoms with Crippen molar-refractivity contribution in [3.63, 3.8) is 0 Å². The van der Waals surface area contributed by atoms with Gasteiger partial charge in [-0.25, -0.2) is 0 Å². The Morgan fingerprint density at radius 3 is 2.19 bits per heavy atom. The molecular weight excluding hydrogens is 330 g/mol. The largest absolute Gasteiger partial charge is 0.459 e. The van der Waals surface area contributed by atoms with Crippen LogP contribution in [0.5, 0.6) is 0 Å². The van der Waals surface area contributed by atoms with Crippen molar-refractivity contribution in [2.24, 2.45) is 5.92 Å². The molecule has 4 rings (SSSR count). The first-order chi connectivity index (χ1) is 12.7. The molecule has 3 fully saturated rings. The standard InChI is InChI=1S/C20H29N3O3/c24-19(23-13-11-21(12-14-23)17-4-1-2-5-17)16-7-9-22(10-8-16)20(25)18-6-3-15-26-18/h3,6,15-17H,1-2,4-5,7-14H2. The van der Waals surface area contributed by atoms with Crippen LogP contribution in [0.25, 0.3) is 0 Å². The summed E-state index contributed by atoms with van der Waals surface area (Å²) >= 11 is 0. The van der Waals surface area contributed by atoms with Crippen molar-refractivity contribution < 1.29 is 14.0 Å². The van der Waals surface area contributed by atoms with Crippen molar-refractivity contribution in [1.82, 2.24) is 14.7 Å². The highest BCUT2D eigenvalue weighted by molar-refractivity contribution is 5.91. The second kappa shape index (κ2) is 7.82. The summed E-state index contributed by atoms with van der Waals surface area (Å²) in [5, 5.41) is 0. The third-order valence-electron chi connectivity index (χ3n) is 6.33. The summed E-state index contributed by atoms with van der Waals surface area (Å²) in [6.07, 6.45) is 8.42. The third kappa shape index (κ3) is 3.65. The van der Waals surface area contributed by atoms with Gasteiger partial charge < -0.3 is 14.2 Å². The number of hydrogen-bond acceptors (Lipinski definition) is 4. The second-order valence-corrected chi connectivity index (χ2v) is 7.84. The van der Waals surface area contributed by atoms with Gasteiger partial charge in [-0.1, -0.05) is 12.8 Å². The molecular formula is C20H29N3O3. The average molecular weight is 359 g/mol. The Morgan fingerprint density at radius 2 is 1.58 bits per heavy atom. The van der Waals surface area contributed by atoms with Gasteiger partial charge in [0, 0.05) is 51.2 Å². The lowest BCUT2D eigenvalue weighted by atomic mass is 9.94. The highest BCUT2D eigenvalue weighted by Crippen LogP contribution is 2.26. The molecule has 6 heteroatoms. The van der Waals surface area contributed by atoms with Crippen molar-refractivity contribution >= 4 is 11.8 Å². The van der Waals surface area contributed by atoms with Gasteiger partial charge in [0.05, 0.1) is 6.26 Å². The minimum Gasteiger partial charge on any atom is -0.459 e. The lowest BCUT2D eigenvalue weighted by Gasteiger charge is -2.40. The predicted molar refractivity (Wildman–Crippen MR) is 97.7 cm³/mol. The number of likely N-dealkylation sites (tertiary alicyclic amines) is 1. The molecule has 0 unspecified atom stereocenters. The van der Waals surface area contributed by atoms with Crippen molar-refractivity contribution in [2.75, 3.05) is 39.3 Å². The number of furan rings is 1. The molecule has 0 radical (unpaired) electrons. The summed E-state index contributed by atoms with van der Waals surface area (Å²) in [4.78, 5) is 31.7. The van der Waals surface area contributed by atoms with Crippen molar-refractivity contribution in [2.45, 2.75) is 44.6 Å². The first-order valence-corrected chi connectivity index (χ1v) is 10.1. The highest BCUT2D eigenvalue weighted by Gasteiger charge is 2.33. The minimum atomic E-state index is -0.0638. The fraction of sp³-hybridized carbons (Fsp3) is 0.700. The molecule has 6 nitrogen and oxygen atoms in total. The van der Waals surface area contributed by atoms with Gasteiger partial charge >= 0.3 is 0 Å². The quantitative estimate of drug-likeness (QED) is 0.830. The Kier molecular flexibility index (Phi) is 5.29. The van der Waals surface area contributed by atoms with E-state index in [2.05, 4.69) is 9.80 Å². The lowest BCUT2D eigenvalue weighted by molar-refractivity contribution is -0.139. The van der Waals surface area contributed by atoms with E-state index in [0.29, 0.717) is 24.8 Å². The summed E-state index contributed by atoms with van der Waals surface area (Å²) in [7, 11) is 0. The molecule has 2 amide bonds. The Morgan fingerprint density at radius 1 is 0.885 bits per heavy atom. The zero-order valence-electron chi connectivity index (χ0n) is 15.4. The molecule has 0 aromatic carbocycles. The summed E-state index contributed by atoms with van der Waals surface area (Å²) in [5.74, 6) is 0.679. The summed E-state index contributed by atoms with van der Waals surface area (Å²) in [6.45, 7) is 5.04. The van der Waals surface area contributed by atoms with Gasteiger partial charge in [-0.3, -0.25) is 14.5 Å². The van der Waals surface area contributed by atoms with E-state index in [-0.39, 0.29) is 11.8 Å². The van der Waals surface area contributed by atoms with Crippen LogP contribution in [0.15, 0.2) is 22.8 Å². The monoisotopic (exact) mass is 359 g/mol. The van der Waals surface area contributed by atoms with Gasteiger partial charge in [0.25, 0.3) is 5.91 Å². The van der Waals surface area contributed by atoms with E-state index in [1.165, 1.54) is 31.9 Å². The molecule has 0 bridgehead atoms. The molecule has 2 saturated heterocycles. The lowest BCUT2D eigenvalue weighted by Crippen LogP contribution is -2.53. The van der Waals surface area contributed by atoms with E-state index >= 15 is 0 Å². The Balaban J connectivity index is 1.24. The fourth-order valence-electron chi connectivity index (χ4n) is 4.72. The van der Waals surface area contributed by atoms with Crippen LogP contribution in [0, 0.1) is 5.92 Å². The maximum Gasteiger partial charge on any atom is 0.289 e. The number of hydrogen-bond donors (Lipinski definition) is 0. The smallest absolute Gasteiger partial charge is 0.289 e. The number of rotatable bonds is 3. The van der Waals surface area contributed by atoms with E-state index in [9.17, 15) is 9.59 Å². The number of carbonyl (C=O) groups is 2. The second-order valence-electron chi connectivity index (χ2n) is 7.84.